The normalized spacial score (nSPS) is 38.4. The molecule has 0 amide bonds. The molecule has 1 aliphatic heterocycles. The van der Waals surface area contributed by atoms with Crippen LogP contribution >= 0.6 is 0 Å². The van der Waals surface area contributed by atoms with Crippen molar-refractivity contribution in [1.29, 1.82) is 0 Å². The lowest BCUT2D eigenvalue weighted by atomic mass is 9.65. The molecule has 0 saturated carbocycles. The van der Waals surface area contributed by atoms with E-state index in [1.165, 1.54) is 0 Å². The van der Waals surface area contributed by atoms with E-state index in [0.717, 1.165) is 6.42 Å². The van der Waals surface area contributed by atoms with Crippen molar-refractivity contribution in [3.8, 4) is 0 Å². The van der Waals surface area contributed by atoms with E-state index in [9.17, 15) is 0 Å². The van der Waals surface area contributed by atoms with Gasteiger partial charge in [-0.05, 0) is 27.2 Å². The van der Waals surface area contributed by atoms with E-state index in [0.29, 0.717) is 5.82 Å². The predicted molar refractivity (Wildman–Crippen MR) is 49.0 cm³/mol. The van der Waals surface area contributed by atoms with Crippen molar-refractivity contribution in [3.63, 3.8) is 0 Å². The topological polar surface area (TPSA) is 18.5 Å². The van der Waals surface area contributed by atoms with Crippen LogP contribution in [-0.2, 0) is 9.31 Å². The maximum atomic E-state index is 5.79. The molecule has 2 unspecified atom stereocenters. The highest BCUT2D eigenvalue weighted by Gasteiger charge is 2.46. The summed E-state index contributed by atoms with van der Waals surface area (Å²) in [5, 5.41) is 0. The van der Waals surface area contributed by atoms with Crippen LogP contribution in [-0.4, -0.2) is 18.8 Å². The van der Waals surface area contributed by atoms with Crippen molar-refractivity contribution in [2.45, 2.75) is 44.7 Å². The van der Waals surface area contributed by atoms with Crippen LogP contribution in [0.25, 0.3) is 0 Å². The standard InChI is InChI=1S/C9H15BO2/c1-7-9(2,3)12-10(11-7)8-5-4-6-8/h4-5,7-8H,6H2,1-3H3. The molecule has 2 rings (SSSR count). The summed E-state index contributed by atoms with van der Waals surface area (Å²) in [4.78, 5) is 0. The van der Waals surface area contributed by atoms with Gasteiger partial charge in [-0.15, -0.1) is 0 Å². The Morgan fingerprint density at radius 3 is 2.50 bits per heavy atom. The van der Waals surface area contributed by atoms with E-state index in [4.69, 9.17) is 9.31 Å². The van der Waals surface area contributed by atoms with Crippen LogP contribution in [0.5, 0.6) is 0 Å². The zero-order valence-corrected chi connectivity index (χ0v) is 7.91. The molecule has 12 heavy (non-hydrogen) atoms. The molecule has 1 fully saturated rings. The van der Waals surface area contributed by atoms with Crippen molar-refractivity contribution >= 4 is 7.12 Å². The van der Waals surface area contributed by atoms with Crippen LogP contribution in [0.3, 0.4) is 0 Å². The Morgan fingerprint density at radius 2 is 2.17 bits per heavy atom. The Kier molecular flexibility index (Phi) is 1.81. The molecular formula is C9H15BO2. The fourth-order valence-electron chi connectivity index (χ4n) is 1.47. The number of hydrogen-bond donors (Lipinski definition) is 0. The maximum absolute atomic E-state index is 5.79. The summed E-state index contributed by atoms with van der Waals surface area (Å²) in [6.45, 7) is 6.24. The highest BCUT2D eigenvalue weighted by Crippen LogP contribution is 2.37. The summed E-state index contributed by atoms with van der Waals surface area (Å²) in [5.74, 6) is 0.495. The average Bonchev–Trinajstić information content (AvgIpc) is 2.02. The van der Waals surface area contributed by atoms with Crippen molar-refractivity contribution in [2.24, 2.45) is 0 Å². The van der Waals surface area contributed by atoms with Crippen molar-refractivity contribution in [3.05, 3.63) is 12.2 Å². The van der Waals surface area contributed by atoms with Gasteiger partial charge in [0.25, 0.3) is 0 Å². The Bertz CT molecular complexity index is 213. The monoisotopic (exact) mass is 166 g/mol. The van der Waals surface area contributed by atoms with Gasteiger partial charge in [-0.1, -0.05) is 12.2 Å². The fraction of sp³-hybridized carbons (Fsp3) is 0.778. The Balaban J connectivity index is 2.00. The molecule has 1 aliphatic carbocycles. The van der Waals surface area contributed by atoms with Gasteiger partial charge >= 0.3 is 7.12 Å². The third kappa shape index (κ3) is 1.21. The van der Waals surface area contributed by atoms with E-state index in [1.54, 1.807) is 0 Å². The molecule has 2 nitrogen and oxygen atoms in total. The van der Waals surface area contributed by atoms with Gasteiger partial charge < -0.3 is 9.31 Å². The fourth-order valence-corrected chi connectivity index (χ4v) is 1.47. The number of allylic oxidation sites excluding steroid dienone is 2. The van der Waals surface area contributed by atoms with Crippen LogP contribution in [0, 0.1) is 0 Å². The first kappa shape index (κ1) is 8.33. The summed E-state index contributed by atoms with van der Waals surface area (Å²) in [6, 6.07) is 0. The predicted octanol–water partition coefficient (Wildman–Crippen LogP) is 2.02. The smallest absolute Gasteiger partial charge is 0.405 e. The first-order valence-electron chi connectivity index (χ1n) is 4.59. The highest BCUT2D eigenvalue weighted by molar-refractivity contribution is 6.48. The quantitative estimate of drug-likeness (QED) is 0.438. The second kappa shape index (κ2) is 2.61. The first-order chi connectivity index (χ1) is 5.59. The minimum absolute atomic E-state index is 0.000000000000000222. The molecular weight excluding hydrogens is 151 g/mol. The van der Waals surface area contributed by atoms with E-state index in [-0.39, 0.29) is 18.8 Å². The zero-order valence-electron chi connectivity index (χ0n) is 7.91. The molecule has 0 aromatic heterocycles. The van der Waals surface area contributed by atoms with Crippen molar-refractivity contribution < 1.29 is 9.31 Å². The molecule has 0 radical (unpaired) electrons. The molecule has 0 aromatic rings. The molecule has 3 heteroatoms. The third-order valence-corrected chi connectivity index (χ3v) is 2.88. The molecule has 0 spiro atoms. The molecule has 0 aromatic carbocycles. The Labute approximate surface area is 74.1 Å². The summed E-state index contributed by atoms with van der Waals surface area (Å²) >= 11 is 0. The van der Waals surface area contributed by atoms with Gasteiger partial charge in [0.05, 0.1) is 11.7 Å². The van der Waals surface area contributed by atoms with Crippen LogP contribution in [0.2, 0.25) is 5.82 Å². The van der Waals surface area contributed by atoms with E-state index in [2.05, 4.69) is 32.9 Å². The van der Waals surface area contributed by atoms with Gasteiger partial charge in [-0.25, -0.2) is 0 Å². The van der Waals surface area contributed by atoms with Gasteiger partial charge in [0, 0.05) is 5.82 Å². The van der Waals surface area contributed by atoms with Crippen molar-refractivity contribution in [1.82, 2.24) is 0 Å². The second-order valence-electron chi connectivity index (χ2n) is 4.20. The van der Waals surface area contributed by atoms with E-state index >= 15 is 0 Å². The van der Waals surface area contributed by atoms with Crippen LogP contribution in [0.4, 0.5) is 0 Å². The summed E-state index contributed by atoms with van der Waals surface area (Å²) < 4.78 is 11.5. The summed E-state index contributed by atoms with van der Waals surface area (Å²) in [6.07, 6.45) is 5.64. The zero-order chi connectivity index (χ0) is 8.77. The maximum Gasteiger partial charge on any atom is 0.465 e. The molecule has 0 bridgehead atoms. The molecule has 66 valence electrons. The Hall–Kier alpha value is -0.275. The third-order valence-electron chi connectivity index (χ3n) is 2.88. The Morgan fingerprint density at radius 1 is 1.50 bits per heavy atom. The van der Waals surface area contributed by atoms with Gasteiger partial charge in [-0.3, -0.25) is 0 Å². The van der Waals surface area contributed by atoms with Crippen LogP contribution in [0.15, 0.2) is 12.2 Å². The van der Waals surface area contributed by atoms with Crippen molar-refractivity contribution in [2.75, 3.05) is 0 Å². The van der Waals surface area contributed by atoms with E-state index in [1.807, 2.05) is 0 Å². The molecule has 2 atom stereocenters. The molecule has 1 saturated heterocycles. The molecule has 2 aliphatic rings. The minimum Gasteiger partial charge on any atom is -0.405 e. The van der Waals surface area contributed by atoms with Crippen LogP contribution < -0.4 is 0 Å². The van der Waals surface area contributed by atoms with E-state index < -0.39 is 0 Å². The average molecular weight is 166 g/mol. The second-order valence-corrected chi connectivity index (χ2v) is 4.20. The lowest BCUT2D eigenvalue weighted by molar-refractivity contribution is 0.0838. The lowest BCUT2D eigenvalue weighted by Crippen LogP contribution is -2.31. The van der Waals surface area contributed by atoms with Gasteiger partial charge in [0.2, 0.25) is 0 Å². The van der Waals surface area contributed by atoms with Crippen LogP contribution in [0.1, 0.15) is 27.2 Å². The van der Waals surface area contributed by atoms with Gasteiger partial charge in [0.15, 0.2) is 0 Å². The lowest BCUT2D eigenvalue weighted by Gasteiger charge is -2.23. The van der Waals surface area contributed by atoms with Gasteiger partial charge in [0.1, 0.15) is 0 Å². The highest BCUT2D eigenvalue weighted by atomic mass is 16.7. The largest absolute Gasteiger partial charge is 0.465 e. The minimum atomic E-state index is -0.117. The molecule has 1 heterocycles. The summed E-state index contributed by atoms with van der Waals surface area (Å²) in [7, 11) is -0.000000000000000222. The first-order valence-corrected chi connectivity index (χ1v) is 4.59. The molecule has 0 N–H and O–H groups in total. The SMILES string of the molecule is CC1OB(C2C=CC2)OC1(C)C. The number of rotatable bonds is 1. The van der Waals surface area contributed by atoms with Gasteiger partial charge in [-0.2, -0.15) is 0 Å². The number of hydrogen-bond acceptors (Lipinski definition) is 2. The summed E-state index contributed by atoms with van der Waals surface area (Å²) in [5.41, 5.74) is -0.117.